The van der Waals surface area contributed by atoms with Crippen LogP contribution in [0.5, 0.6) is 0 Å². The van der Waals surface area contributed by atoms with Crippen LogP contribution in [0.25, 0.3) is 0 Å². The van der Waals surface area contributed by atoms with Crippen LogP contribution in [0.4, 0.5) is 4.39 Å². The van der Waals surface area contributed by atoms with Gasteiger partial charge in [-0.15, -0.1) is 0 Å². The van der Waals surface area contributed by atoms with E-state index in [4.69, 9.17) is 4.74 Å². The van der Waals surface area contributed by atoms with Gasteiger partial charge in [0.05, 0.1) is 6.61 Å². The maximum absolute atomic E-state index is 12.6. The van der Waals surface area contributed by atoms with Crippen molar-refractivity contribution in [1.82, 2.24) is 10.6 Å². The molecule has 0 aliphatic heterocycles. The fourth-order valence-corrected chi connectivity index (χ4v) is 1.39. The van der Waals surface area contributed by atoms with Crippen LogP contribution >= 0.6 is 0 Å². The zero-order valence-electron chi connectivity index (χ0n) is 10.5. The predicted molar refractivity (Wildman–Crippen MR) is 67.6 cm³/mol. The first-order valence-corrected chi connectivity index (χ1v) is 5.93. The molecule has 0 aromatic heterocycles. The van der Waals surface area contributed by atoms with E-state index in [1.165, 1.54) is 12.1 Å². The summed E-state index contributed by atoms with van der Waals surface area (Å²) < 4.78 is 17.5. The van der Waals surface area contributed by atoms with Crippen LogP contribution in [0, 0.1) is 5.82 Å². The average Bonchev–Trinajstić information content (AvgIpc) is 2.38. The van der Waals surface area contributed by atoms with Crippen LogP contribution in [0.15, 0.2) is 24.3 Å². The van der Waals surface area contributed by atoms with Crippen molar-refractivity contribution < 1.29 is 13.9 Å². The minimum atomic E-state index is -0.271. The van der Waals surface area contributed by atoms with Gasteiger partial charge in [-0.05, 0) is 17.7 Å². The zero-order valence-corrected chi connectivity index (χ0v) is 10.5. The lowest BCUT2D eigenvalue weighted by Crippen LogP contribution is -2.28. The molecule has 0 heterocycles. The van der Waals surface area contributed by atoms with Crippen LogP contribution in [-0.4, -0.2) is 32.7 Å². The topological polar surface area (TPSA) is 50.4 Å². The van der Waals surface area contributed by atoms with Crippen LogP contribution < -0.4 is 10.6 Å². The Morgan fingerprint density at radius 1 is 1.28 bits per heavy atom. The third-order valence-corrected chi connectivity index (χ3v) is 2.41. The first-order chi connectivity index (χ1) is 8.72. The normalized spacial score (nSPS) is 10.3. The van der Waals surface area contributed by atoms with Gasteiger partial charge in [0.25, 0.3) is 0 Å². The Balaban J connectivity index is 2.11. The molecule has 0 unspecified atom stereocenters. The Morgan fingerprint density at radius 3 is 2.67 bits per heavy atom. The molecule has 4 nitrogen and oxygen atoms in total. The minimum absolute atomic E-state index is 0.0239. The summed E-state index contributed by atoms with van der Waals surface area (Å²) in [7, 11) is 1.64. The summed E-state index contributed by atoms with van der Waals surface area (Å²) in [6, 6.07) is 6.08. The van der Waals surface area contributed by atoms with Crippen molar-refractivity contribution >= 4 is 5.91 Å². The molecule has 0 saturated carbocycles. The highest BCUT2D eigenvalue weighted by atomic mass is 19.1. The maximum Gasteiger partial charge on any atom is 0.221 e. The molecule has 0 spiro atoms. The second kappa shape index (κ2) is 8.60. The SMILES string of the molecule is COCCNCCC(=O)NCc1ccc(F)cc1. The summed E-state index contributed by atoms with van der Waals surface area (Å²) in [6.07, 6.45) is 0.422. The molecule has 0 radical (unpaired) electrons. The second-order valence-corrected chi connectivity index (χ2v) is 3.90. The van der Waals surface area contributed by atoms with Crippen molar-refractivity contribution in [3.05, 3.63) is 35.6 Å². The summed E-state index contributed by atoms with van der Waals surface area (Å²) in [5, 5.41) is 5.86. The fourth-order valence-electron chi connectivity index (χ4n) is 1.39. The Kier molecular flexibility index (Phi) is 6.98. The van der Waals surface area contributed by atoms with Crippen LogP contribution in [-0.2, 0) is 16.1 Å². The molecular formula is C13H19FN2O2. The monoisotopic (exact) mass is 254 g/mol. The molecule has 18 heavy (non-hydrogen) atoms. The molecule has 5 heteroatoms. The van der Waals surface area contributed by atoms with Crippen molar-refractivity contribution in [2.75, 3.05) is 26.8 Å². The van der Waals surface area contributed by atoms with E-state index in [0.717, 1.165) is 12.1 Å². The van der Waals surface area contributed by atoms with E-state index >= 15 is 0 Å². The molecule has 0 bridgehead atoms. The minimum Gasteiger partial charge on any atom is -0.383 e. The lowest BCUT2D eigenvalue weighted by Gasteiger charge is -2.06. The summed E-state index contributed by atoms with van der Waals surface area (Å²) in [4.78, 5) is 11.5. The number of rotatable bonds is 8. The highest BCUT2D eigenvalue weighted by molar-refractivity contribution is 5.76. The smallest absolute Gasteiger partial charge is 0.221 e. The molecule has 0 saturated heterocycles. The number of amides is 1. The van der Waals surface area contributed by atoms with E-state index in [-0.39, 0.29) is 11.7 Å². The number of methoxy groups -OCH3 is 1. The Labute approximate surface area is 107 Å². The average molecular weight is 254 g/mol. The fraction of sp³-hybridized carbons (Fsp3) is 0.462. The summed E-state index contributed by atoms with van der Waals surface area (Å²) in [5.74, 6) is -0.295. The van der Waals surface area contributed by atoms with Gasteiger partial charge in [0.1, 0.15) is 5.82 Å². The predicted octanol–water partition coefficient (Wildman–Crippen LogP) is 1.07. The van der Waals surface area contributed by atoms with E-state index in [9.17, 15) is 9.18 Å². The van der Waals surface area contributed by atoms with E-state index < -0.39 is 0 Å². The molecule has 1 rings (SSSR count). The molecule has 0 atom stereocenters. The van der Waals surface area contributed by atoms with Crippen molar-refractivity contribution in [2.24, 2.45) is 0 Å². The lowest BCUT2D eigenvalue weighted by atomic mass is 10.2. The molecule has 0 fully saturated rings. The van der Waals surface area contributed by atoms with Gasteiger partial charge >= 0.3 is 0 Å². The van der Waals surface area contributed by atoms with Gasteiger partial charge in [-0.3, -0.25) is 4.79 Å². The molecule has 100 valence electrons. The standard InChI is InChI=1S/C13H19FN2O2/c1-18-9-8-15-7-6-13(17)16-10-11-2-4-12(14)5-3-11/h2-5,15H,6-10H2,1H3,(H,16,17). The van der Waals surface area contributed by atoms with E-state index in [2.05, 4.69) is 10.6 Å². The first kappa shape index (κ1) is 14.6. The highest BCUT2D eigenvalue weighted by Crippen LogP contribution is 2.01. The number of benzene rings is 1. The Hall–Kier alpha value is -1.46. The number of ether oxygens (including phenoxy) is 1. The van der Waals surface area contributed by atoms with Gasteiger partial charge in [0, 0.05) is 33.2 Å². The van der Waals surface area contributed by atoms with Gasteiger partial charge < -0.3 is 15.4 Å². The summed E-state index contributed by atoms with van der Waals surface area (Å²) in [6.45, 7) is 2.43. The maximum atomic E-state index is 12.6. The van der Waals surface area contributed by atoms with E-state index in [1.54, 1.807) is 19.2 Å². The Morgan fingerprint density at radius 2 is 2.00 bits per heavy atom. The van der Waals surface area contributed by atoms with Gasteiger partial charge in [-0.2, -0.15) is 0 Å². The van der Waals surface area contributed by atoms with Crippen molar-refractivity contribution in [1.29, 1.82) is 0 Å². The van der Waals surface area contributed by atoms with E-state index in [1.807, 2.05) is 0 Å². The molecular weight excluding hydrogens is 235 g/mol. The number of carbonyl (C=O) groups is 1. The molecule has 1 amide bonds. The third-order valence-electron chi connectivity index (χ3n) is 2.41. The first-order valence-electron chi connectivity index (χ1n) is 5.93. The number of halogens is 1. The molecule has 0 aliphatic rings. The number of carbonyl (C=O) groups excluding carboxylic acids is 1. The van der Waals surface area contributed by atoms with Gasteiger partial charge in [0.15, 0.2) is 0 Å². The molecule has 0 aliphatic carbocycles. The van der Waals surface area contributed by atoms with Crippen LogP contribution in [0.1, 0.15) is 12.0 Å². The van der Waals surface area contributed by atoms with E-state index in [0.29, 0.717) is 26.1 Å². The number of hydrogen-bond acceptors (Lipinski definition) is 3. The highest BCUT2D eigenvalue weighted by Gasteiger charge is 2.01. The summed E-state index contributed by atoms with van der Waals surface area (Å²) in [5.41, 5.74) is 0.886. The van der Waals surface area contributed by atoms with Gasteiger partial charge in [0.2, 0.25) is 5.91 Å². The quantitative estimate of drug-likeness (QED) is 0.682. The molecule has 1 aromatic rings. The third kappa shape index (κ3) is 6.32. The zero-order chi connectivity index (χ0) is 13.2. The summed E-state index contributed by atoms with van der Waals surface area (Å²) >= 11 is 0. The van der Waals surface area contributed by atoms with Crippen molar-refractivity contribution in [3.63, 3.8) is 0 Å². The van der Waals surface area contributed by atoms with Gasteiger partial charge in [-0.25, -0.2) is 4.39 Å². The van der Waals surface area contributed by atoms with Crippen molar-refractivity contribution in [3.8, 4) is 0 Å². The number of nitrogens with one attached hydrogen (secondary N) is 2. The number of hydrogen-bond donors (Lipinski definition) is 2. The van der Waals surface area contributed by atoms with Crippen LogP contribution in [0.3, 0.4) is 0 Å². The second-order valence-electron chi connectivity index (χ2n) is 3.90. The van der Waals surface area contributed by atoms with Crippen LogP contribution in [0.2, 0.25) is 0 Å². The van der Waals surface area contributed by atoms with Gasteiger partial charge in [-0.1, -0.05) is 12.1 Å². The Bertz CT molecular complexity index is 355. The molecule has 1 aromatic carbocycles. The largest absolute Gasteiger partial charge is 0.383 e. The molecule has 2 N–H and O–H groups in total. The lowest BCUT2D eigenvalue weighted by molar-refractivity contribution is -0.121. The van der Waals surface area contributed by atoms with Crippen molar-refractivity contribution in [2.45, 2.75) is 13.0 Å².